The van der Waals surface area contributed by atoms with Crippen molar-refractivity contribution in [3.8, 4) is 0 Å². The van der Waals surface area contributed by atoms with E-state index < -0.39 is 10.1 Å². The zero-order chi connectivity index (χ0) is 36.2. The van der Waals surface area contributed by atoms with E-state index in [4.69, 9.17) is 35.0 Å². The average molecular weight is 722 g/mol. The van der Waals surface area contributed by atoms with E-state index in [1.165, 1.54) is 0 Å². The Hall–Kier alpha value is -2.28. The van der Waals surface area contributed by atoms with Crippen LogP contribution >= 0.6 is 0 Å². The van der Waals surface area contributed by atoms with Crippen LogP contribution in [0.5, 0.6) is 0 Å². The lowest BCUT2D eigenvalue weighted by atomic mass is 9.43. The van der Waals surface area contributed by atoms with Crippen LogP contribution in [0.2, 0.25) is 0 Å². The van der Waals surface area contributed by atoms with Crippen molar-refractivity contribution < 1.29 is 26.8 Å². The summed E-state index contributed by atoms with van der Waals surface area (Å²) in [6.07, 6.45) is 12.2. The lowest BCUT2D eigenvalue weighted by Crippen LogP contribution is -2.63. The first-order valence-electron chi connectivity index (χ1n) is 18.7. The minimum absolute atomic E-state index is 0.0397. The Morgan fingerprint density at radius 2 is 1.40 bits per heavy atom. The fourth-order valence-corrected chi connectivity index (χ4v) is 11.1. The molecule has 50 heavy (non-hydrogen) atoms. The third-order valence-electron chi connectivity index (χ3n) is 12.9. The smallest absolute Gasteiger partial charge is 0.264 e. The quantitative estimate of drug-likeness (QED) is 0.0371. The third kappa shape index (κ3) is 9.98. The molecule has 0 amide bonds. The van der Waals surface area contributed by atoms with Gasteiger partial charge in [0.25, 0.3) is 10.1 Å². The molecule has 282 valence electrons. The summed E-state index contributed by atoms with van der Waals surface area (Å²) in [5, 5.41) is 11.1. The highest BCUT2D eigenvalue weighted by Gasteiger charge is 2.66. The molecule has 0 aliphatic heterocycles. The summed E-state index contributed by atoms with van der Waals surface area (Å²) in [7, 11) is -3.47. The van der Waals surface area contributed by atoms with E-state index in [2.05, 4.69) is 50.8 Å². The standard InChI is InChI=1S/C34H59N9O6S/c1-24(9-5-20-49-50(4,44)45)27-10-11-28-32-29(23-31(34(27,28)3)48-19-8-16-40-43-37)33(2)13-12-26(46-17-6-14-38-41-35)21-25(33)22-30(32)47-18-7-15-39-42-36/h24-32H,5-23H2,1-4H3/t24?,25?,26-,27?,28+,29+,30-,31+,32?,33+,34-/m1/s1. The number of nitrogens with zero attached hydrogens (tertiary/aromatic N) is 9. The molecule has 0 bridgehead atoms. The van der Waals surface area contributed by atoms with E-state index in [9.17, 15) is 8.42 Å². The molecule has 4 fully saturated rings. The second kappa shape index (κ2) is 19.0. The molecule has 4 unspecified atom stereocenters. The maximum absolute atomic E-state index is 11.6. The number of hydrogen-bond acceptors (Lipinski definition) is 9. The molecular weight excluding hydrogens is 662 g/mol. The van der Waals surface area contributed by atoms with Crippen molar-refractivity contribution in [2.24, 2.45) is 61.7 Å². The van der Waals surface area contributed by atoms with Gasteiger partial charge in [0, 0.05) is 59.6 Å². The number of rotatable bonds is 21. The molecule has 0 spiro atoms. The van der Waals surface area contributed by atoms with Gasteiger partial charge in [-0.2, -0.15) is 8.42 Å². The third-order valence-corrected chi connectivity index (χ3v) is 13.5. The number of ether oxygens (including phenoxy) is 3. The number of azide groups is 3. The summed E-state index contributed by atoms with van der Waals surface area (Å²) >= 11 is 0. The predicted octanol–water partition coefficient (Wildman–Crippen LogP) is 8.51. The van der Waals surface area contributed by atoms with Crippen molar-refractivity contribution in [2.45, 2.75) is 116 Å². The topological polar surface area (TPSA) is 217 Å². The molecule has 4 aliphatic carbocycles. The van der Waals surface area contributed by atoms with E-state index >= 15 is 0 Å². The maximum atomic E-state index is 11.6. The van der Waals surface area contributed by atoms with E-state index in [0.29, 0.717) is 101 Å². The molecule has 0 radical (unpaired) electrons. The van der Waals surface area contributed by atoms with Crippen LogP contribution in [0.4, 0.5) is 0 Å². The molecule has 0 aromatic heterocycles. The van der Waals surface area contributed by atoms with Crippen LogP contribution in [0.3, 0.4) is 0 Å². The lowest BCUT2D eigenvalue weighted by molar-refractivity contribution is -0.227. The van der Waals surface area contributed by atoms with Crippen molar-refractivity contribution in [2.75, 3.05) is 52.3 Å². The molecule has 0 aromatic rings. The van der Waals surface area contributed by atoms with Gasteiger partial charge in [0.2, 0.25) is 0 Å². The van der Waals surface area contributed by atoms with E-state index in [-0.39, 0.29) is 35.7 Å². The zero-order valence-corrected chi connectivity index (χ0v) is 31.3. The summed E-state index contributed by atoms with van der Waals surface area (Å²) in [4.78, 5) is 8.70. The van der Waals surface area contributed by atoms with E-state index in [1.54, 1.807) is 0 Å². The number of fused-ring (bicyclic) bond motifs is 5. The van der Waals surface area contributed by atoms with Gasteiger partial charge >= 0.3 is 0 Å². The first-order chi connectivity index (χ1) is 24.0. The first-order valence-corrected chi connectivity index (χ1v) is 20.5. The van der Waals surface area contributed by atoms with Crippen molar-refractivity contribution >= 4 is 10.1 Å². The van der Waals surface area contributed by atoms with Crippen molar-refractivity contribution in [1.29, 1.82) is 0 Å². The predicted molar refractivity (Wildman–Crippen MR) is 190 cm³/mol. The van der Waals surface area contributed by atoms with Gasteiger partial charge in [-0.15, -0.1) is 0 Å². The normalized spacial score (nSPS) is 35.4. The molecule has 4 aliphatic rings. The average Bonchev–Trinajstić information content (AvgIpc) is 3.44. The Morgan fingerprint density at radius 3 is 2.02 bits per heavy atom. The SMILES string of the molecule is CC(CCCOS(C)(=O)=O)C1CC[C@H]2C3[C@H](OCCCN=[N+]=[N-])CC4C[C@H](OCCCN=[N+]=[N-])CC[C@]4(C)[C@H]3C[C@H](OCCCN=[N+]=[N-])[C@]12C. The largest absolute Gasteiger partial charge is 0.378 e. The van der Waals surface area contributed by atoms with Crippen LogP contribution in [0.1, 0.15) is 97.8 Å². The summed E-state index contributed by atoms with van der Waals surface area (Å²) < 4.78 is 48.3. The molecule has 0 aromatic carbocycles. The first kappa shape index (κ1) is 40.5. The Bertz CT molecular complexity index is 1350. The molecule has 11 atom stereocenters. The Morgan fingerprint density at radius 1 is 0.780 bits per heavy atom. The highest BCUT2D eigenvalue weighted by molar-refractivity contribution is 7.85. The Labute approximate surface area is 297 Å². The van der Waals surface area contributed by atoms with E-state index in [0.717, 1.165) is 57.6 Å². The maximum Gasteiger partial charge on any atom is 0.264 e. The summed E-state index contributed by atoms with van der Waals surface area (Å²) in [5.41, 5.74) is 26.3. The summed E-state index contributed by atoms with van der Waals surface area (Å²) in [5.74, 6) is 2.38. The highest BCUT2D eigenvalue weighted by Crippen LogP contribution is 2.69. The van der Waals surface area contributed by atoms with Crippen LogP contribution < -0.4 is 0 Å². The van der Waals surface area contributed by atoms with Crippen LogP contribution in [-0.2, 0) is 28.5 Å². The van der Waals surface area contributed by atoms with Crippen molar-refractivity contribution in [3.05, 3.63) is 31.3 Å². The second-order valence-corrected chi connectivity index (χ2v) is 17.3. The zero-order valence-electron chi connectivity index (χ0n) is 30.5. The monoisotopic (exact) mass is 721 g/mol. The van der Waals surface area contributed by atoms with E-state index in [1.807, 2.05) is 0 Å². The fourth-order valence-electron chi connectivity index (χ4n) is 10.7. The summed E-state index contributed by atoms with van der Waals surface area (Å²) in [6, 6.07) is 0. The van der Waals surface area contributed by atoms with Gasteiger partial charge in [-0.05, 0) is 135 Å². The molecule has 4 saturated carbocycles. The van der Waals surface area contributed by atoms with Gasteiger partial charge in [-0.1, -0.05) is 36.1 Å². The van der Waals surface area contributed by atoms with Crippen LogP contribution in [0.25, 0.3) is 31.3 Å². The summed E-state index contributed by atoms with van der Waals surface area (Å²) in [6.45, 7) is 10.4. The van der Waals surface area contributed by atoms with Crippen LogP contribution in [0.15, 0.2) is 15.3 Å². The Balaban J connectivity index is 1.59. The van der Waals surface area contributed by atoms with Gasteiger partial charge < -0.3 is 14.2 Å². The molecule has 0 heterocycles. The van der Waals surface area contributed by atoms with Gasteiger partial charge in [0.15, 0.2) is 0 Å². The molecular formula is C34H59N9O6S. The second-order valence-electron chi connectivity index (χ2n) is 15.6. The molecule has 0 N–H and O–H groups in total. The Kier molecular flexibility index (Phi) is 15.4. The number of hydrogen-bond donors (Lipinski definition) is 0. The van der Waals surface area contributed by atoms with Crippen LogP contribution in [0, 0.1) is 46.3 Å². The minimum atomic E-state index is -3.47. The fraction of sp³-hybridized carbons (Fsp3) is 1.00. The van der Waals surface area contributed by atoms with Crippen LogP contribution in [-0.4, -0.2) is 79.0 Å². The highest BCUT2D eigenvalue weighted by atomic mass is 32.2. The van der Waals surface area contributed by atoms with Gasteiger partial charge in [0.05, 0.1) is 31.2 Å². The molecule has 4 rings (SSSR count). The molecule has 16 heteroatoms. The minimum Gasteiger partial charge on any atom is -0.378 e. The van der Waals surface area contributed by atoms with Crippen molar-refractivity contribution in [3.63, 3.8) is 0 Å². The van der Waals surface area contributed by atoms with Gasteiger partial charge in [0.1, 0.15) is 0 Å². The van der Waals surface area contributed by atoms with Gasteiger partial charge in [-0.25, -0.2) is 0 Å². The molecule has 15 nitrogen and oxygen atoms in total. The van der Waals surface area contributed by atoms with Crippen molar-refractivity contribution in [1.82, 2.24) is 0 Å². The molecule has 0 saturated heterocycles. The lowest BCUT2D eigenvalue weighted by Gasteiger charge is -2.65. The van der Waals surface area contributed by atoms with Gasteiger partial charge in [-0.3, -0.25) is 4.18 Å².